The van der Waals surface area contributed by atoms with Crippen molar-refractivity contribution in [2.75, 3.05) is 0 Å². The summed E-state index contributed by atoms with van der Waals surface area (Å²) < 4.78 is 1.62. The lowest BCUT2D eigenvalue weighted by Crippen LogP contribution is -2.05. The van der Waals surface area contributed by atoms with Crippen molar-refractivity contribution in [3.8, 4) is 0 Å². The second-order valence-electron chi connectivity index (χ2n) is 2.88. The first kappa shape index (κ1) is 9.02. The Bertz CT molecular complexity index is 493. The molecule has 0 aliphatic rings. The van der Waals surface area contributed by atoms with Crippen LogP contribution in [0.15, 0.2) is 24.4 Å². The van der Waals surface area contributed by atoms with Gasteiger partial charge in [-0.2, -0.15) is 0 Å². The van der Waals surface area contributed by atoms with Crippen LogP contribution in [0, 0.1) is 0 Å². The number of fused-ring (bicyclic) bond motifs is 1. The zero-order chi connectivity index (χ0) is 10.1. The number of hydrogen-bond donors (Lipinski definition) is 1. The maximum absolute atomic E-state index is 10.6. The molecule has 0 radical (unpaired) electrons. The maximum atomic E-state index is 10.6. The molecule has 2 rings (SSSR count). The predicted molar refractivity (Wildman–Crippen MR) is 51.5 cm³/mol. The minimum Gasteiger partial charge on any atom is -0.481 e. The fourth-order valence-corrected chi connectivity index (χ4v) is 1.62. The minimum absolute atomic E-state index is 0.0621. The van der Waals surface area contributed by atoms with Gasteiger partial charge in [-0.3, -0.25) is 9.20 Å². The van der Waals surface area contributed by atoms with E-state index >= 15 is 0 Å². The molecule has 0 spiro atoms. The second kappa shape index (κ2) is 3.31. The number of aromatic nitrogens is 2. The first-order valence-electron chi connectivity index (χ1n) is 4.01. The molecule has 2 heterocycles. The highest BCUT2D eigenvalue weighted by Crippen LogP contribution is 2.15. The van der Waals surface area contributed by atoms with Gasteiger partial charge in [0.05, 0.1) is 18.1 Å². The molecule has 0 atom stereocenters. The highest BCUT2D eigenvalue weighted by molar-refractivity contribution is 6.28. The topological polar surface area (TPSA) is 54.6 Å². The van der Waals surface area contributed by atoms with Crippen molar-refractivity contribution >= 4 is 23.1 Å². The second-order valence-corrected chi connectivity index (χ2v) is 3.21. The lowest BCUT2D eigenvalue weighted by Gasteiger charge is -2.02. The van der Waals surface area contributed by atoms with Crippen LogP contribution in [0.2, 0.25) is 5.28 Å². The number of pyridine rings is 1. The summed E-state index contributed by atoms with van der Waals surface area (Å²) in [5, 5.41) is 8.97. The molecule has 0 saturated heterocycles. The Kier molecular flexibility index (Phi) is 2.13. The van der Waals surface area contributed by atoms with Gasteiger partial charge in [0.2, 0.25) is 5.28 Å². The predicted octanol–water partition coefficient (Wildman–Crippen LogP) is 1.61. The van der Waals surface area contributed by atoms with E-state index in [1.807, 2.05) is 6.07 Å². The molecule has 0 aromatic carbocycles. The Balaban J connectivity index is 2.63. The van der Waals surface area contributed by atoms with Gasteiger partial charge < -0.3 is 5.11 Å². The third-order valence-corrected chi connectivity index (χ3v) is 2.19. The highest BCUT2D eigenvalue weighted by Gasteiger charge is 2.08. The summed E-state index contributed by atoms with van der Waals surface area (Å²) in [6, 6.07) is 5.32. The van der Waals surface area contributed by atoms with Gasteiger partial charge >= 0.3 is 5.97 Å². The van der Waals surface area contributed by atoms with E-state index in [-0.39, 0.29) is 11.7 Å². The van der Waals surface area contributed by atoms with E-state index in [0.29, 0.717) is 5.69 Å². The molecule has 14 heavy (non-hydrogen) atoms. The molecule has 4 nitrogen and oxygen atoms in total. The molecular formula is C9H7ClN2O2. The summed E-state index contributed by atoms with van der Waals surface area (Å²) in [4.78, 5) is 14.5. The van der Waals surface area contributed by atoms with E-state index in [2.05, 4.69) is 4.98 Å². The standard InChI is InChI=1S/C9H7ClN2O2/c10-9-11-5-7-3-1-2-6(12(7)9)4-8(13)14/h1-3,5H,4H2,(H,13,14). The summed E-state index contributed by atoms with van der Waals surface area (Å²) in [6.45, 7) is 0. The lowest BCUT2D eigenvalue weighted by molar-refractivity contribution is -0.136. The van der Waals surface area contributed by atoms with Crippen molar-refractivity contribution in [2.24, 2.45) is 0 Å². The van der Waals surface area contributed by atoms with Gasteiger partial charge in [0.1, 0.15) is 0 Å². The molecule has 0 unspecified atom stereocenters. The Labute approximate surface area is 84.8 Å². The Morgan fingerprint density at radius 1 is 1.57 bits per heavy atom. The van der Waals surface area contributed by atoms with Gasteiger partial charge in [-0.1, -0.05) is 6.07 Å². The smallest absolute Gasteiger partial charge is 0.309 e. The number of carboxylic acids is 1. The molecule has 72 valence electrons. The molecule has 0 bridgehead atoms. The van der Waals surface area contributed by atoms with E-state index in [0.717, 1.165) is 5.52 Å². The number of hydrogen-bond acceptors (Lipinski definition) is 2. The normalized spacial score (nSPS) is 10.6. The molecule has 0 fully saturated rings. The van der Waals surface area contributed by atoms with Crippen LogP contribution in [-0.2, 0) is 11.2 Å². The number of nitrogens with zero attached hydrogens (tertiary/aromatic N) is 2. The first-order chi connectivity index (χ1) is 6.68. The monoisotopic (exact) mass is 210 g/mol. The van der Waals surface area contributed by atoms with Crippen LogP contribution in [0.25, 0.3) is 5.52 Å². The number of carboxylic acid groups (broad SMARTS) is 1. The largest absolute Gasteiger partial charge is 0.481 e. The van der Waals surface area contributed by atoms with Crippen LogP contribution in [0.1, 0.15) is 5.69 Å². The van der Waals surface area contributed by atoms with Crippen molar-refractivity contribution in [3.05, 3.63) is 35.4 Å². The van der Waals surface area contributed by atoms with E-state index in [1.54, 1.807) is 22.7 Å². The molecule has 0 amide bonds. The van der Waals surface area contributed by atoms with Crippen LogP contribution in [0.5, 0.6) is 0 Å². The summed E-state index contributed by atoms with van der Waals surface area (Å²) in [5.41, 5.74) is 1.42. The summed E-state index contributed by atoms with van der Waals surface area (Å²) in [7, 11) is 0. The van der Waals surface area contributed by atoms with E-state index in [1.165, 1.54) is 0 Å². The number of imidazole rings is 1. The van der Waals surface area contributed by atoms with E-state index in [9.17, 15) is 4.79 Å². The van der Waals surface area contributed by atoms with Crippen LogP contribution in [0.3, 0.4) is 0 Å². The molecular weight excluding hydrogens is 204 g/mol. The zero-order valence-electron chi connectivity index (χ0n) is 7.14. The van der Waals surface area contributed by atoms with E-state index in [4.69, 9.17) is 16.7 Å². The van der Waals surface area contributed by atoms with Crippen molar-refractivity contribution < 1.29 is 9.90 Å². The Hall–Kier alpha value is -1.55. The molecule has 0 aliphatic heterocycles. The maximum Gasteiger partial charge on any atom is 0.309 e. The third-order valence-electron chi connectivity index (χ3n) is 1.92. The van der Waals surface area contributed by atoms with Gasteiger partial charge in [-0.15, -0.1) is 0 Å². The van der Waals surface area contributed by atoms with Crippen molar-refractivity contribution in [1.29, 1.82) is 0 Å². The lowest BCUT2D eigenvalue weighted by atomic mass is 10.2. The van der Waals surface area contributed by atoms with Crippen LogP contribution in [0.4, 0.5) is 0 Å². The third kappa shape index (κ3) is 1.44. The number of carbonyl (C=O) groups is 1. The Morgan fingerprint density at radius 2 is 2.36 bits per heavy atom. The summed E-state index contributed by atoms with van der Waals surface area (Å²) >= 11 is 5.82. The Morgan fingerprint density at radius 3 is 3.07 bits per heavy atom. The number of rotatable bonds is 2. The number of halogens is 1. The highest BCUT2D eigenvalue weighted by atomic mass is 35.5. The molecule has 0 saturated carbocycles. The fourth-order valence-electron chi connectivity index (χ4n) is 1.37. The van der Waals surface area contributed by atoms with Gasteiger partial charge in [0.25, 0.3) is 0 Å². The summed E-state index contributed by atoms with van der Waals surface area (Å²) in [5.74, 6) is -0.887. The van der Waals surface area contributed by atoms with Crippen molar-refractivity contribution in [3.63, 3.8) is 0 Å². The van der Waals surface area contributed by atoms with Gasteiger partial charge in [0, 0.05) is 5.69 Å². The van der Waals surface area contributed by atoms with Gasteiger partial charge in [0.15, 0.2) is 0 Å². The van der Waals surface area contributed by atoms with Crippen LogP contribution in [-0.4, -0.2) is 20.5 Å². The van der Waals surface area contributed by atoms with Crippen LogP contribution >= 0.6 is 11.6 Å². The molecule has 5 heteroatoms. The van der Waals surface area contributed by atoms with Gasteiger partial charge in [-0.25, -0.2) is 4.98 Å². The van der Waals surface area contributed by atoms with Gasteiger partial charge in [-0.05, 0) is 23.7 Å². The average Bonchev–Trinajstić information content (AvgIpc) is 2.48. The quantitative estimate of drug-likeness (QED) is 0.820. The molecule has 2 aromatic rings. The molecule has 0 aliphatic carbocycles. The average molecular weight is 211 g/mol. The fraction of sp³-hybridized carbons (Fsp3) is 0.111. The molecule has 1 N–H and O–H groups in total. The summed E-state index contributed by atoms with van der Waals surface area (Å²) in [6.07, 6.45) is 1.54. The first-order valence-corrected chi connectivity index (χ1v) is 4.39. The van der Waals surface area contributed by atoms with E-state index < -0.39 is 5.97 Å². The van der Waals surface area contributed by atoms with Crippen molar-refractivity contribution in [2.45, 2.75) is 6.42 Å². The van der Waals surface area contributed by atoms with Crippen LogP contribution < -0.4 is 0 Å². The number of aliphatic carboxylic acids is 1. The molecule has 2 aromatic heterocycles. The minimum atomic E-state index is -0.887. The zero-order valence-corrected chi connectivity index (χ0v) is 7.90. The SMILES string of the molecule is O=C(O)Cc1cccc2cnc(Cl)n12. The van der Waals surface area contributed by atoms with Crippen molar-refractivity contribution in [1.82, 2.24) is 9.38 Å².